The van der Waals surface area contributed by atoms with Gasteiger partial charge in [0.15, 0.2) is 0 Å². The van der Waals surface area contributed by atoms with Crippen LogP contribution in [0.5, 0.6) is 0 Å². The molecule has 0 aliphatic rings. The number of carbonyl (C=O) groups is 3. The third-order valence-corrected chi connectivity index (χ3v) is 2.17. The Bertz CT molecular complexity index is 512. The van der Waals surface area contributed by atoms with Gasteiger partial charge < -0.3 is 15.5 Å². The van der Waals surface area contributed by atoms with Crippen LogP contribution in [0.2, 0.25) is 0 Å². The molecule has 1 amide bonds. The van der Waals surface area contributed by atoms with E-state index in [2.05, 4.69) is 0 Å². The monoisotopic (exact) mass is 273 g/mol. The Labute approximate surface area is 105 Å². The molecule has 6 nitrogen and oxygen atoms in total. The third-order valence-electron chi connectivity index (χ3n) is 2.17. The summed E-state index contributed by atoms with van der Waals surface area (Å²) in [7, 11) is 0. The first-order valence-electron chi connectivity index (χ1n) is 5.02. The fourth-order valence-corrected chi connectivity index (χ4v) is 1.32. The molecule has 0 radical (unpaired) electrons. The van der Waals surface area contributed by atoms with E-state index in [1.165, 1.54) is 0 Å². The normalized spacial score (nSPS) is 11.7. The number of carboxylic acids is 2. The van der Waals surface area contributed by atoms with Gasteiger partial charge in [0.05, 0.1) is 6.42 Å². The first-order chi connectivity index (χ1) is 8.82. The number of carboxylic acid groups (broad SMARTS) is 2. The van der Waals surface area contributed by atoms with Crippen molar-refractivity contribution in [2.45, 2.75) is 12.5 Å². The molecule has 19 heavy (non-hydrogen) atoms. The van der Waals surface area contributed by atoms with Crippen molar-refractivity contribution in [1.82, 2.24) is 5.32 Å². The highest BCUT2D eigenvalue weighted by atomic mass is 19.1. The highest BCUT2D eigenvalue weighted by Crippen LogP contribution is 2.12. The lowest BCUT2D eigenvalue weighted by molar-refractivity contribution is -0.145. The van der Waals surface area contributed by atoms with E-state index in [-0.39, 0.29) is 0 Å². The van der Waals surface area contributed by atoms with Crippen LogP contribution >= 0.6 is 0 Å². The lowest BCUT2D eigenvalue weighted by Crippen LogP contribution is -2.42. The molecule has 1 atom stereocenters. The van der Waals surface area contributed by atoms with Crippen molar-refractivity contribution in [2.75, 3.05) is 0 Å². The number of benzene rings is 1. The number of rotatable bonds is 5. The summed E-state index contributed by atoms with van der Waals surface area (Å²) in [6, 6.07) is 0.910. The summed E-state index contributed by atoms with van der Waals surface area (Å²) in [5.74, 6) is -6.76. The number of carbonyl (C=O) groups excluding carboxylic acids is 1. The lowest BCUT2D eigenvalue weighted by atomic mass is 10.1. The molecule has 0 saturated heterocycles. The summed E-state index contributed by atoms with van der Waals surface area (Å²) in [5, 5.41) is 18.9. The highest BCUT2D eigenvalue weighted by Gasteiger charge is 2.26. The Kier molecular flexibility index (Phi) is 4.51. The van der Waals surface area contributed by atoms with Crippen molar-refractivity contribution in [2.24, 2.45) is 0 Å². The second-order valence-corrected chi connectivity index (χ2v) is 3.56. The molecule has 0 heterocycles. The minimum absolute atomic E-state index is 0.824. The van der Waals surface area contributed by atoms with E-state index in [1.807, 2.05) is 0 Å². The van der Waals surface area contributed by atoms with Gasteiger partial charge in [0.2, 0.25) is 0 Å². The van der Waals surface area contributed by atoms with Crippen LogP contribution in [0.15, 0.2) is 18.2 Å². The zero-order valence-electron chi connectivity index (χ0n) is 9.39. The fraction of sp³-hybridized carbons (Fsp3) is 0.182. The Morgan fingerprint density at radius 2 is 1.68 bits per heavy atom. The summed E-state index contributed by atoms with van der Waals surface area (Å²) in [6.07, 6.45) is -0.906. The summed E-state index contributed by atoms with van der Waals surface area (Å²) in [6.45, 7) is 0. The number of amides is 1. The van der Waals surface area contributed by atoms with E-state index >= 15 is 0 Å². The van der Waals surface area contributed by atoms with E-state index in [4.69, 9.17) is 10.2 Å². The molecular weight excluding hydrogens is 264 g/mol. The molecule has 0 bridgehead atoms. The minimum atomic E-state index is -1.77. The molecular formula is C11H9F2NO5. The molecule has 0 aliphatic heterocycles. The molecule has 0 fully saturated rings. The van der Waals surface area contributed by atoms with Crippen LogP contribution in [0.25, 0.3) is 0 Å². The minimum Gasteiger partial charge on any atom is -0.481 e. The van der Waals surface area contributed by atoms with Crippen LogP contribution in [0.3, 0.4) is 0 Å². The van der Waals surface area contributed by atoms with Gasteiger partial charge in [-0.3, -0.25) is 9.59 Å². The second-order valence-electron chi connectivity index (χ2n) is 3.56. The van der Waals surface area contributed by atoms with Gasteiger partial charge in [-0.05, 0) is 12.1 Å². The number of aliphatic carboxylic acids is 2. The maximum Gasteiger partial charge on any atom is 0.326 e. The highest BCUT2D eigenvalue weighted by molar-refractivity contribution is 5.97. The molecule has 1 aromatic rings. The molecule has 102 valence electrons. The number of nitrogens with one attached hydrogen (secondary N) is 1. The van der Waals surface area contributed by atoms with Gasteiger partial charge in [-0.25, -0.2) is 13.6 Å². The van der Waals surface area contributed by atoms with Crippen molar-refractivity contribution < 1.29 is 33.4 Å². The van der Waals surface area contributed by atoms with Gasteiger partial charge >= 0.3 is 11.9 Å². The van der Waals surface area contributed by atoms with E-state index < -0.39 is 47.5 Å². The van der Waals surface area contributed by atoms with Crippen LogP contribution in [0, 0.1) is 11.6 Å². The van der Waals surface area contributed by atoms with Crippen molar-refractivity contribution in [3.8, 4) is 0 Å². The van der Waals surface area contributed by atoms with Crippen LogP contribution in [-0.2, 0) is 9.59 Å². The standard InChI is InChI=1S/C11H9F2NO5/c12-5-2-1-3-6(13)9(5)10(17)14-7(11(18)19)4-8(15)16/h1-3,7H,4H2,(H,14,17)(H,15,16)(H,18,19)/t7-/m1/s1. The summed E-state index contributed by atoms with van der Waals surface area (Å²) < 4.78 is 26.5. The van der Waals surface area contributed by atoms with Gasteiger partial charge in [-0.15, -0.1) is 0 Å². The zero-order valence-corrected chi connectivity index (χ0v) is 9.39. The van der Waals surface area contributed by atoms with Gasteiger partial charge in [0.25, 0.3) is 5.91 Å². The van der Waals surface area contributed by atoms with Crippen molar-refractivity contribution in [1.29, 1.82) is 0 Å². The fourth-order valence-electron chi connectivity index (χ4n) is 1.32. The average molecular weight is 273 g/mol. The number of hydrogen-bond donors (Lipinski definition) is 3. The quantitative estimate of drug-likeness (QED) is 0.729. The Balaban J connectivity index is 2.94. The van der Waals surface area contributed by atoms with Crippen molar-refractivity contribution >= 4 is 17.8 Å². The van der Waals surface area contributed by atoms with Gasteiger partial charge in [0, 0.05) is 0 Å². The molecule has 0 aliphatic carbocycles. The van der Waals surface area contributed by atoms with E-state index in [9.17, 15) is 23.2 Å². The van der Waals surface area contributed by atoms with Gasteiger partial charge in [-0.2, -0.15) is 0 Å². The van der Waals surface area contributed by atoms with Crippen molar-refractivity contribution in [3.63, 3.8) is 0 Å². The van der Waals surface area contributed by atoms with Gasteiger partial charge in [0.1, 0.15) is 23.2 Å². The molecule has 0 spiro atoms. The van der Waals surface area contributed by atoms with E-state index in [0.717, 1.165) is 18.2 Å². The molecule has 0 unspecified atom stereocenters. The first kappa shape index (κ1) is 14.6. The second kappa shape index (κ2) is 5.89. The predicted molar refractivity (Wildman–Crippen MR) is 57.5 cm³/mol. The largest absolute Gasteiger partial charge is 0.481 e. The number of hydrogen-bond acceptors (Lipinski definition) is 3. The SMILES string of the molecule is O=C(O)C[C@@H](NC(=O)c1c(F)cccc1F)C(=O)O. The Morgan fingerprint density at radius 1 is 1.16 bits per heavy atom. The zero-order chi connectivity index (χ0) is 14.6. The Morgan fingerprint density at radius 3 is 2.11 bits per heavy atom. The summed E-state index contributed by atoms with van der Waals surface area (Å²) >= 11 is 0. The number of halogens is 2. The lowest BCUT2D eigenvalue weighted by Gasteiger charge is -2.13. The van der Waals surface area contributed by atoms with E-state index in [0.29, 0.717) is 0 Å². The molecule has 0 aromatic heterocycles. The Hall–Kier alpha value is -2.51. The molecule has 1 aromatic carbocycles. The summed E-state index contributed by atoms with van der Waals surface area (Å²) in [5.41, 5.74) is -0.959. The average Bonchev–Trinajstić information content (AvgIpc) is 2.27. The van der Waals surface area contributed by atoms with Crippen molar-refractivity contribution in [3.05, 3.63) is 35.4 Å². The van der Waals surface area contributed by atoms with Crippen LogP contribution in [0.4, 0.5) is 8.78 Å². The van der Waals surface area contributed by atoms with Crippen LogP contribution < -0.4 is 5.32 Å². The smallest absolute Gasteiger partial charge is 0.326 e. The van der Waals surface area contributed by atoms with Crippen LogP contribution in [-0.4, -0.2) is 34.1 Å². The van der Waals surface area contributed by atoms with Crippen LogP contribution in [0.1, 0.15) is 16.8 Å². The maximum atomic E-state index is 13.3. The molecule has 3 N–H and O–H groups in total. The predicted octanol–water partition coefficient (Wildman–Crippen LogP) is 0.622. The van der Waals surface area contributed by atoms with Gasteiger partial charge in [-0.1, -0.05) is 6.07 Å². The molecule has 0 saturated carbocycles. The topological polar surface area (TPSA) is 104 Å². The maximum absolute atomic E-state index is 13.3. The summed E-state index contributed by atoms with van der Waals surface area (Å²) in [4.78, 5) is 32.6. The first-order valence-corrected chi connectivity index (χ1v) is 5.02. The third kappa shape index (κ3) is 3.73. The van der Waals surface area contributed by atoms with E-state index in [1.54, 1.807) is 5.32 Å². The molecule has 8 heteroatoms. The molecule has 1 rings (SSSR count).